The van der Waals surface area contributed by atoms with E-state index >= 15 is 0 Å². The smallest absolute Gasteiger partial charge is 0.289 e. The number of nitrogens with zero attached hydrogens (tertiary/aromatic N) is 2. The van der Waals surface area contributed by atoms with Crippen LogP contribution in [-0.4, -0.2) is 36.8 Å². The standard InChI is InChI=1S/C12H17N3O4S/c1-8-5-11(15(16)17)12(6-9(8)2)20(18,19)14-4-3-10(13)7-14/h5-6,10H,3-4,7,13H2,1-2H3/t10-/m0/s1. The fraction of sp³-hybridized carbons (Fsp3) is 0.500. The van der Waals surface area contributed by atoms with Crippen LogP contribution in [0.3, 0.4) is 0 Å². The van der Waals surface area contributed by atoms with Gasteiger partial charge in [-0.15, -0.1) is 0 Å². The zero-order valence-corrected chi connectivity index (χ0v) is 12.2. The van der Waals surface area contributed by atoms with Crippen molar-refractivity contribution in [2.45, 2.75) is 31.2 Å². The summed E-state index contributed by atoms with van der Waals surface area (Å²) in [6.45, 7) is 3.94. The lowest BCUT2D eigenvalue weighted by Crippen LogP contribution is -2.32. The average molecular weight is 299 g/mol. The van der Waals surface area contributed by atoms with Gasteiger partial charge in [-0.3, -0.25) is 10.1 Å². The Morgan fingerprint density at radius 1 is 1.35 bits per heavy atom. The molecule has 1 aliphatic rings. The van der Waals surface area contributed by atoms with Crippen LogP contribution in [0.15, 0.2) is 17.0 Å². The fourth-order valence-electron chi connectivity index (χ4n) is 2.24. The Labute approximate surface area is 117 Å². The average Bonchev–Trinajstić information content (AvgIpc) is 2.79. The first kappa shape index (κ1) is 14.9. The molecule has 0 bridgehead atoms. The van der Waals surface area contributed by atoms with Gasteiger partial charge in [0.1, 0.15) is 0 Å². The van der Waals surface area contributed by atoms with Crippen LogP contribution >= 0.6 is 0 Å². The molecule has 1 aliphatic heterocycles. The Kier molecular flexibility index (Phi) is 3.81. The van der Waals surface area contributed by atoms with Crippen LogP contribution in [0.1, 0.15) is 17.5 Å². The van der Waals surface area contributed by atoms with Gasteiger partial charge in [-0.1, -0.05) is 0 Å². The monoisotopic (exact) mass is 299 g/mol. The second-order valence-corrected chi connectivity index (χ2v) is 6.98. The number of nitro benzene ring substituents is 1. The first-order valence-corrected chi connectivity index (χ1v) is 7.69. The lowest BCUT2D eigenvalue weighted by molar-refractivity contribution is -0.387. The van der Waals surface area contributed by atoms with Crippen LogP contribution in [0.25, 0.3) is 0 Å². The molecule has 0 aliphatic carbocycles. The van der Waals surface area contributed by atoms with Crippen LogP contribution in [0.2, 0.25) is 0 Å². The zero-order chi connectivity index (χ0) is 15.1. The quantitative estimate of drug-likeness (QED) is 0.660. The highest BCUT2D eigenvalue weighted by atomic mass is 32.2. The van der Waals surface area contributed by atoms with E-state index in [0.717, 1.165) is 0 Å². The summed E-state index contributed by atoms with van der Waals surface area (Å²) in [7, 11) is -3.87. The number of nitro groups is 1. The van der Waals surface area contributed by atoms with Gasteiger partial charge in [0.2, 0.25) is 10.0 Å². The molecule has 0 aromatic heterocycles. The summed E-state index contributed by atoms with van der Waals surface area (Å²) in [6, 6.07) is 2.46. The fourth-order valence-corrected chi connectivity index (χ4v) is 3.97. The van der Waals surface area contributed by atoms with Gasteiger partial charge in [0.25, 0.3) is 5.69 Å². The molecule has 0 saturated carbocycles. The first-order chi connectivity index (χ1) is 9.23. The molecular formula is C12H17N3O4S. The first-order valence-electron chi connectivity index (χ1n) is 6.25. The SMILES string of the molecule is Cc1cc([N+](=O)[O-])c(S(=O)(=O)N2CC[C@H](N)C2)cc1C. The lowest BCUT2D eigenvalue weighted by Gasteiger charge is -2.16. The van der Waals surface area contributed by atoms with Crippen LogP contribution in [0.4, 0.5) is 5.69 Å². The lowest BCUT2D eigenvalue weighted by atomic mass is 10.1. The topological polar surface area (TPSA) is 107 Å². The molecule has 1 aromatic rings. The maximum atomic E-state index is 12.5. The molecule has 0 amide bonds. The molecule has 1 aromatic carbocycles. The van der Waals surface area contributed by atoms with Crippen molar-refractivity contribution in [3.05, 3.63) is 33.4 Å². The second-order valence-electron chi connectivity index (χ2n) is 5.07. The molecule has 1 saturated heterocycles. The summed E-state index contributed by atoms with van der Waals surface area (Å²) in [5.41, 5.74) is 6.73. The van der Waals surface area contributed by atoms with Gasteiger partial charge in [0.15, 0.2) is 4.90 Å². The maximum absolute atomic E-state index is 12.5. The Bertz CT molecular complexity index is 657. The van der Waals surface area contributed by atoms with Crippen molar-refractivity contribution in [2.24, 2.45) is 5.73 Å². The van der Waals surface area contributed by atoms with Gasteiger partial charge >= 0.3 is 0 Å². The van der Waals surface area contributed by atoms with E-state index in [2.05, 4.69) is 0 Å². The molecule has 110 valence electrons. The van der Waals surface area contributed by atoms with Gasteiger partial charge in [-0.2, -0.15) is 4.31 Å². The minimum Gasteiger partial charge on any atom is -0.326 e. The van der Waals surface area contributed by atoms with Crippen molar-refractivity contribution in [1.82, 2.24) is 4.31 Å². The molecule has 2 rings (SSSR count). The number of nitrogens with two attached hydrogens (primary N) is 1. The van der Waals surface area contributed by atoms with Gasteiger partial charge in [0.05, 0.1) is 4.92 Å². The molecule has 0 spiro atoms. The van der Waals surface area contributed by atoms with E-state index in [-0.39, 0.29) is 23.2 Å². The van der Waals surface area contributed by atoms with E-state index in [9.17, 15) is 18.5 Å². The highest BCUT2D eigenvalue weighted by Crippen LogP contribution is 2.31. The maximum Gasteiger partial charge on any atom is 0.289 e. The third-order valence-electron chi connectivity index (χ3n) is 3.58. The van der Waals surface area contributed by atoms with Crippen LogP contribution in [0, 0.1) is 24.0 Å². The predicted octanol–water partition coefficient (Wildman–Crippen LogP) is 0.933. The normalized spacial score (nSPS) is 20.2. The number of sulfonamides is 1. The number of benzene rings is 1. The highest BCUT2D eigenvalue weighted by molar-refractivity contribution is 7.89. The van der Waals surface area contributed by atoms with Crippen molar-refractivity contribution in [3.63, 3.8) is 0 Å². The predicted molar refractivity (Wildman–Crippen MR) is 73.9 cm³/mol. The molecule has 20 heavy (non-hydrogen) atoms. The minimum absolute atomic E-state index is 0.201. The summed E-state index contributed by atoms with van der Waals surface area (Å²) in [5, 5.41) is 11.1. The third-order valence-corrected chi connectivity index (χ3v) is 5.47. The molecular weight excluding hydrogens is 282 g/mol. The summed E-state index contributed by atoms with van der Waals surface area (Å²) in [6.07, 6.45) is 0.567. The Morgan fingerprint density at radius 3 is 2.45 bits per heavy atom. The van der Waals surface area contributed by atoms with E-state index in [1.807, 2.05) is 0 Å². The Hall–Kier alpha value is -1.51. The van der Waals surface area contributed by atoms with Gasteiger partial charge in [-0.25, -0.2) is 8.42 Å². The van der Waals surface area contributed by atoms with Crippen molar-refractivity contribution in [1.29, 1.82) is 0 Å². The van der Waals surface area contributed by atoms with Gasteiger partial charge < -0.3 is 5.73 Å². The molecule has 1 atom stereocenters. The molecule has 2 N–H and O–H groups in total. The highest BCUT2D eigenvalue weighted by Gasteiger charge is 2.35. The second kappa shape index (κ2) is 5.12. The van der Waals surface area contributed by atoms with Crippen molar-refractivity contribution in [2.75, 3.05) is 13.1 Å². The Morgan fingerprint density at radius 2 is 1.95 bits per heavy atom. The molecule has 0 unspecified atom stereocenters. The third kappa shape index (κ3) is 2.54. The number of aryl methyl sites for hydroxylation is 2. The van der Waals surface area contributed by atoms with Crippen LogP contribution in [0.5, 0.6) is 0 Å². The van der Waals surface area contributed by atoms with E-state index in [0.29, 0.717) is 24.1 Å². The molecule has 8 heteroatoms. The largest absolute Gasteiger partial charge is 0.326 e. The summed E-state index contributed by atoms with van der Waals surface area (Å²) < 4.78 is 26.3. The number of hydrogen-bond donors (Lipinski definition) is 1. The molecule has 1 heterocycles. The van der Waals surface area contributed by atoms with Crippen molar-refractivity contribution >= 4 is 15.7 Å². The molecule has 7 nitrogen and oxygen atoms in total. The van der Waals surface area contributed by atoms with Gasteiger partial charge in [0, 0.05) is 25.2 Å². The molecule has 1 fully saturated rings. The summed E-state index contributed by atoms with van der Waals surface area (Å²) in [4.78, 5) is 10.2. The number of hydrogen-bond acceptors (Lipinski definition) is 5. The van der Waals surface area contributed by atoms with Crippen LogP contribution < -0.4 is 5.73 Å². The van der Waals surface area contributed by atoms with E-state index in [4.69, 9.17) is 5.73 Å². The van der Waals surface area contributed by atoms with Crippen molar-refractivity contribution < 1.29 is 13.3 Å². The van der Waals surface area contributed by atoms with E-state index < -0.39 is 14.9 Å². The van der Waals surface area contributed by atoms with E-state index in [1.165, 1.54) is 16.4 Å². The summed E-state index contributed by atoms with van der Waals surface area (Å²) in [5.74, 6) is 0. The minimum atomic E-state index is -3.87. The molecule has 0 radical (unpaired) electrons. The van der Waals surface area contributed by atoms with E-state index in [1.54, 1.807) is 13.8 Å². The number of rotatable bonds is 3. The Balaban J connectivity index is 2.56. The summed E-state index contributed by atoms with van der Waals surface area (Å²) >= 11 is 0. The van der Waals surface area contributed by atoms with Gasteiger partial charge in [-0.05, 0) is 37.5 Å². The zero-order valence-electron chi connectivity index (χ0n) is 11.4. The van der Waals surface area contributed by atoms with Crippen molar-refractivity contribution in [3.8, 4) is 0 Å². The van der Waals surface area contributed by atoms with Crippen LogP contribution in [-0.2, 0) is 10.0 Å².